The highest BCUT2D eigenvalue weighted by atomic mass is 31.2. The van der Waals surface area contributed by atoms with E-state index in [-0.39, 0.29) is 18.9 Å². The molecule has 5 rings (SSSR count). The van der Waals surface area contributed by atoms with Crippen LogP contribution in [0.1, 0.15) is 28.7 Å². The lowest BCUT2D eigenvalue weighted by Crippen LogP contribution is -2.50. The summed E-state index contributed by atoms with van der Waals surface area (Å²) in [4.78, 5) is 13.7. The maximum atomic E-state index is 13.7. The Balaban J connectivity index is 1.77. The Bertz CT molecular complexity index is 1250. The van der Waals surface area contributed by atoms with E-state index in [1.54, 1.807) is 0 Å². The molecular weight excluding hydrogens is 477 g/mol. The highest BCUT2D eigenvalue weighted by molar-refractivity contribution is 7.49. The van der Waals surface area contributed by atoms with Crippen molar-refractivity contribution in [3.05, 3.63) is 144 Å². The van der Waals surface area contributed by atoms with Crippen LogP contribution in [0, 0.1) is 11.3 Å². The molecule has 1 amide bonds. The second-order valence-electron chi connectivity index (χ2n) is 8.85. The predicted octanol–water partition coefficient (Wildman–Crippen LogP) is 6.18. The Morgan fingerprint density at radius 2 is 1.24 bits per heavy atom. The number of rotatable bonds is 9. The Kier molecular flexibility index (Phi) is 7.73. The second-order valence-corrected chi connectivity index (χ2v) is 10.3. The molecule has 0 bridgehead atoms. The smallest absolute Gasteiger partial charge is 0.244 e. The number of hydrogen-bond acceptors (Lipinski definition) is 4. The summed E-state index contributed by atoms with van der Waals surface area (Å²) in [5.41, 5.74) is 3.38. The fourth-order valence-electron chi connectivity index (χ4n) is 5.05. The molecule has 1 saturated heterocycles. The van der Waals surface area contributed by atoms with Crippen molar-refractivity contribution in [2.75, 3.05) is 6.61 Å². The molecule has 184 valence electrons. The van der Waals surface area contributed by atoms with Gasteiger partial charge >= 0.3 is 0 Å². The summed E-state index contributed by atoms with van der Waals surface area (Å²) in [5.74, 6) is -0.0703. The molecule has 0 aromatic heterocycles. The number of hydrogen-bond donors (Lipinski definition) is 1. The molecule has 4 aromatic rings. The van der Waals surface area contributed by atoms with E-state index in [0.717, 1.165) is 22.3 Å². The quantitative estimate of drug-likeness (QED) is 0.168. The zero-order valence-corrected chi connectivity index (χ0v) is 21.3. The van der Waals surface area contributed by atoms with Crippen LogP contribution in [-0.2, 0) is 21.3 Å². The van der Waals surface area contributed by atoms with Gasteiger partial charge in [-0.25, -0.2) is 4.67 Å². The first-order valence-corrected chi connectivity index (χ1v) is 13.6. The van der Waals surface area contributed by atoms with Crippen LogP contribution < -0.4 is 5.09 Å². The summed E-state index contributed by atoms with van der Waals surface area (Å²) in [6.07, 6.45) is 0.780. The molecule has 0 saturated carbocycles. The molecule has 0 aliphatic carbocycles. The molecule has 2 atom stereocenters. The van der Waals surface area contributed by atoms with Crippen LogP contribution in [0.5, 0.6) is 0 Å². The van der Waals surface area contributed by atoms with Crippen molar-refractivity contribution in [2.24, 2.45) is 0 Å². The van der Waals surface area contributed by atoms with Crippen molar-refractivity contribution in [1.82, 2.24) is 9.76 Å². The lowest BCUT2D eigenvalue weighted by molar-refractivity contribution is -0.122. The van der Waals surface area contributed by atoms with Gasteiger partial charge in [-0.15, -0.1) is 0 Å². The largest absolute Gasteiger partial charge is 0.326 e. The molecule has 1 aliphatic heterocycles. The number of nitriles is 1. The van der Waals surface area contributed by atoms with Crippen molar-refractivity contribution in [3.8, 4) is 6.07 Å². The lowest BCUT2D eigenvalue weighted by Gasteiger charge is -2.46. The van der Waals surface area contributed by atoms with Gasteiger partial charge in [0.05, 0.1) is 19.1 Å². The van der Waals surface area contributed by atoms with E-state index in [2.05, 4.69) is 64.4 Å². The monoisotopic (exact) mass is 505 g/mol. The van der Waals surface area contributed by atoms with Gasteiger partial charge in [0.1, 0.15) is 11.6 Å². The SMILES string of the molecule is N#CCCOP1NC(=O)[C@H](Cc2ccccc2)N1C(c1ccccc1)(c1ccccc1)c1ccccc1. The summed E-state index contributed by atoms with van der Waals surface area (Å²) in [5, 5.41) is 12.3. The van der Waals surface area contributed by atoms with E-state index in [0.29, 0.717) is 6.42 Å². The molecule has 1 fully saturated rings. The Hall–Kier alpha value is -3.81. The number of benzene rings is 4. The molecule has 6 heteroatoms. The van der Waals surface area contributed by atoms with Crippen molar-refractivity contribution in [1.29, 1.82) is 5.26 Å². The molecule has 0 spiro atoms. The third-order valence-corrected chi connectivity index (χ3v) is 8.43. The fourth-order valence-corrected chi connectivity index (χ4v) is 7.01. The molecule has 37 heavy (non-hydrogen) atoms. The van der Waals surface area contributed by atoms with Gasteiger partial charge in [0.15, 0.2) is 0 Å². The van der Waals surface area contributed by atoms with Crippen LogP contribution in [-0.4, -0.2) is 23.2 Å². The summed E-state index contributed by atoms with van der Waals surface area (Å²) < 4.78 is 8.53. The van der Waals surface area contributed by atoms with Crippen molar-refractivity contribution in [3.63, 3.8) is 0 Å². The summed E-state index contributed by atoms with van der Waals surface area (Å²) in [6, 6.07) is 42.7. The average Bonchev–Trinajstić information content (AvgIpc) is 3.26. The van der Waals surface area contributed by atoms with Crippen LogP contribution in [0.4, 0.5) is 0 Å². The number of nitrogens with one attached hydrogen (secondary N) is 1. The molecule has 1 unspecified atom stereocenters. The third-order valence-electron chi connectivity index (χ3n) is 6.62. The van der Waals surface area contributed by atoms with Gasteiger partial charge in [-0.3, -0.25) is 9.88 Å². The van der Waals surface area contributed by atoms with Gasteiger partial charge in [0.2, 0.25) is 14.4 Å². The van der Waals surface area contributed by atoms with E-state index >= 15 is 0 Å². The van der Waals surface area contributed by atoms with E-state index in [1.165, 1.54) is 0 Å². The number of nitrogens with zero attached hydrogens (tertiary/aromatic N) is 2. The minimum Gasteiger partial charge on any atom is -0.326 e. The number of amides is 1. The van der Waals surface area contributed by atoms with Gasteiger partial charge in [0.25, 0.3) is 0 Å². The van der Waals surface area contributed by atoms with Gasteiger partial charge < -0.3 is 4.52 Å². The fraction of sp³-hybridized carbons (Fsp3) is 0.161. The molecule has 1 aliphatic rings. The summed E-state index contributed by atoms with van der Waals surface area (Å²) in [6.45, 7) is 0.242. The second kappa shape index (κ2) is 11.5. The maximum absolute atomic E-state index is 13.7. The van der Waals surface area contributed by atoms with E-state index in [1.807, 2.05) is 72.8 Å². The Morgan fingerprint density at radius 1 is 0.784 bits per heavy atom. The van der Waals surface area contributed by atoms with Gasteiger partial charge in [-0.2, -0.15) is 5.26 Å². The lowest BCUT2D eigenvalue weighted by atomic mass is 9.76. The first kappa shape index (κ1) is 24.9. The Labute approximate surface area is 219 Å². The van der Waals surface area contributed by atoms with Gasteiger partial charge in [0, 0.05) is 0 Å². The molecule has 1 N–H and O–H groups in total. The third kappa shape index (κ3) is 4.92. The predicted molar refractivity (Wildman–Crippen MR) is 146 cm³/mol. The molecular formula is C31H28N3O2P. The van der Waals surface area contributed by atoms with Crippen molar-refractivity contribution >= 4 is 14.4 Å². The van der Waals surface area contributed by atoms with Gasteiger partial charge in [-0.05, 0) is 28.7 Å². The van der Waals surface area contributed by atoms with Crippen LogP contribution in [0.15, 0.2) is 121 Å². The molecule has 5 nitrogen and oxygen atoms in total. The topological polar surface area (TPSA) is 65.4 Å². The van der Waals surface area contributed by atoms with Crippen LogP contribution in [0.2, 0.25) is 0 Å². The van der Waals surface area contributed by atoms with Crippen LogP contribution in [0.3, 0.4) is 0 Å². The van der Waals surface area contributed by atoms with Crippen LogP contribution in [0.25, 0.3) is 0 Å². The summed E-state index contributed by atoms with van der Waals surface area (Å²) >= 11 is 0. The minimum absolute atomic E-state index is 0.0703. The van der Waals surface area contributed by atoms with Crippen molar-refractivity contribution < 1.29 is 9.32 Å². The zero-order chi connectivity index (χ0) is 25.5. The molecule has 0 radical (unpaired) electrons. The highest BCUT2D eigenvalue weighted by Crippen LogP contribution is 2.57. The van der Waals surface area contributed by atoms with E-state index in [4.69, 9.17) is 4.52 Å². The zero-order valence-electron chi connectivity index (χ0n) is 20.4. The minimum atomic E-state index is -1.57. The first-order valence-electron chi connectivity index (χ1n) is 12.4. The van der Waals surface area contributed by atoms with E-state index < -0.39 is 20.0 Å². The summed E-state index contributed by atoms with van der Waals surface area (Å²) in [7, 11) is -1.57. The molecule has 4 aromatic carbocycles. The maximum Gasteiger partial charge on any atom is 0.244 e. The first-order chi connectivity index (χ1) is 18.2. The van der Waals surface area contributed by atoms with Gasteiger partial charge in [-0.1, -0.05) is 121 Å². The standard InChI is InChI=1S/C31H28N3O2P/c32-22-13-23-36-37-33-30(35)29(24-25-14-5-1-6-15-25)34(37)31(26-16-7-2-8-17-26,27-18-9-3-10-19-27)28-20-11-4-12-21-28/h1-12,14-21,29H,13,23-24H2,(H,33,35)/t29-,37?/m0/s1. The van der Waals surface area contributed by atoms with E-state index in [9.17, 15) is 10.1 Å². The Morgan fingerprint density at radius 3 is 1.70 bits per heavy atom. The highest BCUT2D eigenvalue weighted by Gasteiger charge is 2.55. The number of carbonyl (C=O) groups excluding carboxylic acids is 1. The average molecular weight is 506 g/mol. The number of carbonyl (C=O) groups is 1. The van der Waals surface area contributed by atoms with Crippen LogP contribution >= 0.6 is 8.45 Å². The molecule has 1 heterocycles. The normalized spacial score (nSPS) is 17.8. The van der Waals surface area contributed by atoms with Crippen molar-refractivity contribution in [2.45, 2.75) is 24.4 Å².